The van der Waals surface area contributed by atoms with Crippen LogP contribution in [0.15, 0.2) is 42.5 Å². The number of benzene rings is 2. The molecule has 1 aliphatic rings. The van der Waals surface area contributed by atoms with Crippen molar-refractivity contribution in [2.45, 2.75) is 52.3 Å². The molecule has 0 aliphatic heterocycles. The van der Waals surface area contributed by atoms with E-state index in [9.17, 15) is 27.6 Å². The summed E-state index contributed by atoms with van der Waals surface area (Å²) in [6.45, 7) is 5.49. The Morgan fingerprint density at radius 1 is 1.05 bits per heavy atom. The van der Waals surface area contributed by atoms with Crippen LogP contribution in [-0.2, 0) is 20.4 Å². The van der Waals surface area contributed by atoms with Gasteiger partial charge in [0, 0.05) is 0 Å². The lowest BCUT2D eigenvalue weighted by Gasteiger charge is -2.36. The maximum Gasteiger partial charge on any atom is 0.416 e. The van der Waals surface area contributed by atoms with Crippen molar-refractivity contribution in [2.24, 2.45) is 17.8 Å². The van der Waals surface area contributed by atoms with Crippen LogP contribution in [0.3, 0.4) is 0 Å². The molecule has 3 rings (SSSR count). The first-order chi connectivity index (χ1) is 17.4. The highest BCUT2D eigenvalue weighted by molar-refractivity contribution is 6.33. The first-order valence-electron chi connectivity index (χ1n) is 12.0. The molecule has 0 bridgehead atoms. The van der Waals surface area contributed by atoms with Crippen molar-refractivity contribution in [1.82, 2.24) is 0 Å². The summed E-state index contributed by atoms with van der Waals surface area (Å²) in [4.78, 5) is 38.0. The van der Waals surface area contributed by atoms with Crippen LogP contribution in [-0.4, -0.2) is 30.6 Å². The Labute approximate surface area is 218 Å². The SMILES string of the molecule is CC(C)[C@@H]1CC[C@@H](C)C[C@@H]1OC(=O)c1ccccc1C(=O)OCC(=O)Nc1cc(C(F)(F)F)ccc1Cl. The van der Waals surface area contributed by atoms with Gasteiger partial charge in [-0.05, 0) is 60.9 Å². The summed E-state index contributed by atoms with van der Waals surface area (Å²) in [5.41, 5.74) is -1.34. The molecule has 1 aliphatic carbocycles. The van der Waals surface area contributed by atoms with Gasteiger partial charge in [-0.25, -0.2) is 9.59 Å². The molecule has 200 valence electrons. The van der Waals surface area contributed by atoms with Crippen molar-refractivity contribution in [3.8, 4) is 0 Å². The van der Waals surface area contributed by atoms with Gasteiger partial charge in [-0.3, -0.25) is 4.79 Å². The third-order valence-corrected chi connectivity index (χ3v) is 6.82. The van der Waals surface area contributed by atoms with Gasteiger partial charge in [0.25, 0.3) is 5.91 Å². The van der Waals surface area contributed by atoms with E-state index in [1.54, 1.807) is 6.07 Å². The number of nitrogens with one attached hydrogen (secondary N) is 1. The molecule has 2 aromatic rings. The predicted octanol–water partition coefficient (Wildman–Crippen LogP) is 6.77. The predicted molar refractivity (Wildman–Crippen MR) is 132 cm³/mol. The summed E-state index contributed by atoms with van der Waals surface area (Å²) in [5.74, 6) is -1.55. The van der Waals surface area contributed by atoms with Gasteiger partial charge < -0.3 is 14.8 Å². The number of hydrogen-bond donors (Lipinski definition) is 1. The van der Waals surface area contributed by atoms with Gasteiger partial charge in [0.05, 0.1) is 27.4 Å². The first kappa shape index (κ1) is 28.5. The Morgan fingerprint density at radius 2 is 1.70 bits per heavy atom. The van der Waals surface area contributed by atoms with Crippen LogP contribution in [0, 0.1) is 17.8 Å². The molecule has 0 radical (unpaired) electrons. The van der Waals surface area contributed by atoms with Crippen molar-refractivity contribution >= 4 is 35.1 Å². The van der Waals surface area contributed by atoms with E-state index in [0.29, 0.717) is 17.9 Å². The van der Waals surface area contributed by atoms with Gasteiger partial charge >= 0.3 is 18.1 Å². The van der Waals surface area contributed by atoms with E-state index in [2.05, 4.69) is 26.1 Å². The second-order valence-corrected chi connectivity index (χ2v) is 10.0. The molecule has 1 N–H and O–H groups in total. The second kappa shape index (κ2) is 12.0. The molecule has 1 amide bonds. The summed E-state index contributed by atoms with van der Waals surface area (Å²) in [6, 6.07) is 8.41. The van der Waals surface area contributed by atoms with Gasteiger partial charge in [0.1, 0.15) is 6.10 Å². The molecule has 6 nitrogen and oxygen atoms in total. The molecule has 37 heavy (non-hydrogen) atoms. The van der Waals surface area contributed by atoms with Crippen molar-refractivity contribution in [1.29, 1.82) is 0 Å². The van der Waals surface area contributed by atoms with E-state index < -0.39 is 36.2 Å². The molecule has 0 saturated heterocycles. The highest BCUT2D eigenvalue weighted by atomic mass is 35.5. The third-order valence-electron chi connectivity index (χ3n) is 6.49. The summed E-state index contributed by atoms with van der Waals surface area (Å²) >= 11 is 5.88. The summed E-state index contributed by atoms with van der Waals surface area (Å²) in [5, 5.41) is 2.09. The number of alkyl halides is 3. The van der Waals surface area contributed by atoms with Crippen molar-refractivity contribution in [3.63, 3.8) is 0 Å². The number of esters is 2. The molecule has 0 heterocycles. The topological polar surface area (TPSA) is 81.7 Å². The Hall–Kier alpha value is -3.07. The average Bonchev–Trinajstić information content (AvgIpc) is 2.83. The maximum atomic E-state index is 13.0. The fourth-order valence-corrected chi connectivity index (χ4v) is 4.65. The number of carbonyl (C=O) groups is 3. The van der Waals surface area contributed by atoms with E-state index >= 15 is 0 Å². The van der Waals surface area contributed by atoms with Gasteiger partial charge in [0.15, 0.2) is 6.61 Å². The zero-order valence-corrected chi connectivity index (χ0v) is 21.5. The Bertz CT molecular complexity index is 1150. The number of hydrogen-bond acceptors (Lipinski definition) is 5. The van der Waals surface area contributed by atoms with Crippen molar-refractivity contribution < 1.29 is 37.0 Å². The van der Waals surface area contributed by atoms with Crippen LogP contribution in [0.4, 0.5) is 18.9 Å². The molecule has 10 heteroatoms. The van der Waals surface area contributed by atoms with Crippen LogP contribution in [0.1, 0.15) is 66.3 Å². The lowest BCUT2D eigenvalue weighted by atomic mass is 9.75. The van der Waals surface area contributed by atoms with Crippen LogP contribution < -0.4 is 5.32 Å². The lowest BCUT2D eigenvalue weighted by Crippen LogP contribution is -2.36. The molecule has 1 fully saturated rings. The quantitative estimate of drug-likeness (QED) is 0.393. The molecule has 1 saturated carbocycles. The zero-order valence-electron chi connectivity index (χ0n) is 20.7. The van der Waals surface area contributed by atoms with E-state index in [-0.39, 0.29) is 33.9 Å². The van der Waals surface area contributed by atoms with E-state index in [1.807, 2.05) is 0 Å². The van der Waals surface area contributed by atoms with Crippen LogP contribution in [0.5, 0.6) is 0 Å². The van der Waals surface area contributed by atoms with Crippen LogP contribution >= 0.6 is 11.6 Å². The summed E-state index contributed by atoms with van der Waals surface area (Å²) in [6.07, 6.45) is -2.15. The monoisotopic (exact) mass is 539 g/mol. The van der Waals surface area contributed by atoms with Crippen molar-refractivity contribution in [3.05, 3.63) is 64.2 Å². The van der Waals surface area contributed by atoms with Crippen LogP contribution in [0.25, 0.3) is 0 Å². The molecule has 0 aromatic heterocycles. The molecule has 0 spiro atoms. The van der Waals surface area contributed by atoms with Gasteiger partial charge in [-0.1, -0.05) is 50.9 Å². The number of carbonyl (C=O) groups excluding carboxylic acids is 3. The highest BCUT2D eigenvalue weighted by Crippen LogP contribution is 2.36. The standard InChI is InChI=1S/C27H29ClF3NO5/c1-15(2)18-10-8-16(3)12-23(18)37-26(35)20-7-5-4-6-19(20)25(34)36-14-24(33)32-22-13-17(27(29,30)31)9-11-21(22)28/h4-7,9,11,13,15-16,18,23H,8,10,12,14H2,1-3H3,(H,32,33)/t16-,18+,23+/m1/s1. The zero-order chi connectivity index (χ0) is 27.3. The summed E-state index contributed by atoms with van der Waals surface area (Å²) in [7, 11) is 0. The molecule has 2 aromatic carbocycles. The maximum absolute atomic E-state index is 13.0. The minimum atomic E-state index is -4.63. The average molecular weight is 540 g/mol. The largest absolute Gasteiger partial charge is 0.458 e. The van der Waals surface area contributed by atoms with Crippen LogP contribution in [0.2, 0.25) is 5.02 Å². The Kier molecular flexibility index (Phi) is 9.23. The number of halogens is 4. The highest BCUT2D eigenvalue weighted by Gasteiger charge is 2.34. The number of amides is 1. The fourth-order valence-electron chi connectivity index (χ4n) is 4.48. The van der Waals surface area contributed by atoms with E-state index in [4.69, 9.17) is 21.1 Å². The van der Waals surface area contributed by atoms with E-state index in [1.165, 1.54) is 18.2 Å². The third kappa shape index (κ3) is 7.47. The van der Waals surface area contributed by atoms with Gasteiger partial charge in [0.2, 0.25) is 0 Å². The Morgan fingerprint density at radius 3 is 2.32 bits per heavy atom. The number of rotatable bonds is 7. The normalized spacial score (nSPS) is 19.8. The van der Waals surface area contributed by atoms with Gasteiger partial charge in [-0.2, -0.15) is 13.2 Å². The first-order valence-corrected chi connectivity index (χ1v) is 12.4. The Balaban J connectivity index is 1.66. The molecular formula is C27H29ClF3NO5. The van der Waals surface area contributed by atoms with Crippen molar-refractivity contribution in [2.75, 3.05) is 11.9 Å². The molecular weight excluding hydrogens is 511 g/mol. The number of anilines is 1. The fraction of sp³-hybridized carbons (Fsp3) is 0.444. The molecule has 0 unspecified atom stereocenters. The van der Waals surface area contributed by atoms with E-state index in [0.717, 1.165) is 31.4 Å². The molecule has 3 atom stereocenters. The minimum Gasteiger partial charge on any atom is -0.458 e. The second-order valence-electron chi connectivity index (χ2n) is 9.63. The summed E-state index contributed by atoms with van der Waals surface area (Å²) < 4.78 is 49.7. The smallest absolute Gasteiger partial charge is 0.416 e. The lowest BCUT2D eigenvalue weighted by molar-refractivity contribution is -0.137. The number of ether oxygens (including phenoxy) is 2. The minimum absolute atomic E-state index is 0.00886. The van der Waals surface area contributed by atoms with Gasteiger partial charge in [-0.15, -0.1) is 0 Å².